The van der Waals surface area contributed by atoms with E-state index in [0.717, 1.165) is 19.0 Å². The number of ether oxygens (including phenoxy) is 1. The van der Waals surface area contributed by atoms with Crippen molar-refractivity contribution < 1.29 is 9.53 Å². The molecule has 25 heavy (non-hydrogen) atoms. The van der Waals surface area contributed by atoms with E-state index in [1.54, 1.807) is 0 Å². The minimum absolute atomic E-state index is 0.141. The third kappa shape index (κ3) is 6.76. The molecule has 0 heterocycles. The first-order valence-electron chi connectivity index (χ1n) is 7.29. The zero-order valence-electron chi connectivity index (χ0n) is 13.3. The Morgan fingerprint density at radius 1 is 1.16 bits per heavy atom. The topological polar surface area (TPSA) is 50.7 Å². The van der Waals surface area contributed by atoms with E-state index < -0.39 is 0 Å². The maximum Gasteiger partial charge on any atom is 0.277 e. The van der Waals surface area contributed by atoms with Crippen molar-refractivity contribution in [3.63, 3.8) is 0 Å². The molecule has 0 radical (unpaired) electrons. The molecule has 1 amide bonds. The molecular weight excluding hydrogens is 516 g/mol. The van der Waals surface area contributed by atoms with Crippen LogP contribution in [-0.2, 0) is 4.79 Å². The third-order valence-electron chi connectivity index (χ3n) is 2.98. The van der Waals surface area contributed by atoms with Crippen molar-refractivity contribution in [1.82, 2.24) is 5.43 Å². The molecule has 1 N–H and O–H groups in total. The molecule has 0 spiro atoms. The molecule has 0 saturated carbocycles. The first-order valence-corrected chi connectivity index (χ1v) is 9.67. The summed E-state index contributed by atoms with van der Waals surface area (Å²) in [7, 11) is 0. The number of carbonyl (C=O) groups excluding carboxylic acids is 1. The van der Waals surface area contributed by atoms with Gasteiger partial charge < -0.3 is 4.74 Å². The highest BCUT2D eigenvalue weighted by Crippen LogP contribution is 2.36. The molecular formula is C18H15Br3N2O2. The van der Waals surface area contributed by atoms with E-state index in [-0.39, 0.29) is 12.5 Å². The summed E-state index contributed by atoms with van der Waals surface area (Å²) >= 11 is 10.2. The van der Waals surface area contributed by atoms with E-state index in [0.29, 0.717) is 11.5 Å². The van der Waals surface area contributed by atoms with Gasteiger partial charge in [0.2, 0.25) is 0 Å². The van der Waals surface area contributed by atoms with Crippen molar-refractivity contribution in [3.8, 4) is 5.75 Å². The van der Waals surface area contributed by atoms with Gasteiger partial charge in [-0.05, 0) is 62.6 Å². The molecule has 130 valence electrons. The number of amides is 1. The highest BCUT2D eigenvalue weighted by atomic mass is 79.9. The van der Waals surface area contributed by atoms with Gasteiger partial charge in [-0.25, -0.2) is 5.43 Å². The van der Waals surface area contributed by atoms with E-state index in [4.69, 9.17) is 4.74 Å². The van der Waals surface area contributed by atoms with E-state index in [9.17, 15) is 4.79 Å². The average Bonchev–Trinajstić information content (AvgIpc) is 2.58. The van der Waals surface area contributed by atoms with Crippen LogP contribution >= 0.6 is 47.8 Å². The van der Waals surface area contributed by atoms with Crippen LogP contribution in [0.15, 0.2) is 67.1 Å². The molecule has 4 nitrogen and oxygen atoms in total. The molecule has 0 aliphatic heterocycles. The quantitative estimate of drug-likeness (QED) is 0.393. The second kappa shape index (κ2) is 9.89. The zero-order chi connectivity index (χ0) is 18.2. The van der Waals surface area contributed by atoms with Gasteiger partial charge in [0.15, 0.2) is 6.61 Å². The number of nitrogens with zero attached hydrogens (tertiary/aromatic N) is 1. The second-order valence-electron chi connectivity index (χ2n) is 5.02. The fourth-order valence-corrected chi connectivity index (χ4v) is 4.29. The van der Waals surface area contributed by atoms with Gasteiger partial charge in [-0.2, -0.15) is 5.10 Å². The predicted molar refractivity (Wildman–Crippen MR) is 112 cm³/mol. The maximum atomic E-state index is 11.9. The van der Waals surface area contributed by atoms with Gasteiger partial charge in [0, 0.05) is 4.47 Å². The first-order chi connectivity index (χ1) is 12.0. The van der Waals surface area contributed by atoms with Gasteiger partial charge in [0.05, 0.1) is 14.7 Å². The molecule has 0 bridgehead atoms. The standard InChI is InChI=1S/C18H15Br3N2O2/c1-12(7-8-13-5-3-2-4-6-13)22-23-17(24)11-25-18-15(20)9-14(19)10-16(18)21/h2-10H,11H2,1H3,(H,23,24)/b8-7+,22-12+. The predicted octanol–water partition coefficient (Wildman–Crippen LogP) is 5.56. The van der Waals surface area contributed by atoms with Crippen molar-refractivity contribution >= 4 is 65.5 Å². The Kier molecular flexibility index (Phi) is 7.87. The van der Waals surface area contributed by atoms with Gasteiger partial charge in [-0.15, -0.1) is 0 Å². The largest absolute Gasteiger partial charge is 0.481 e. The van der Waals surface area contributed by atoms with Gasteiger partial charge in [0.1, 0.15) is 5.75 Å². The second-order valence-corrected chi connectivity index (χ2v) is 7.64. The maximum absolute atomic E-state index is 11.9. The van der Waals surface area contributed by atoms with Crippen LogP contribution in [0.1, 0.15) is 12.5 Å². The molecule has 0 aliphatic carbocycles. The lowest BCUT2D eigenvalue weighted by Crippen LogP contribution is -2.25. The molecule has 0 aromatic heterocycles. The SMILES string of the molecule is CC(/C=C/c1ccccc1)=N\NC(=O)COc1c(Br)cc(Br)cc1Br. The number of hydrogen-bond donors (Lipinski definition) is 1. The fourth-order valence-electron chi connectivity index (χ4n) is 1.81. The Morgan fingerprint density at radius 3 is 2.44 bits per heavy atom. The van der Waals surface area contributed by atoms with Crippen LogP contribution in [0.25, 0.3) is 6.08 Å². The number of hydrogen-bond acceptors (Lipinski definition) is 3. The molecule has 2 rings (SSSR count). The molecule has 7 heteroatoms. The lowest BCUT2D eigenvalue weighted by atomic mass is 10.2. The van der Waals surface area contributed by atoms with Crippen LogP contribution in [0, 0.1) is 0 Å². The lowest BCUT2D eigenvalue weighted by molar-refractivity contribution is -0.123. The minimum Gasteiger partial charge on any atom is -0.481 e. The van der Waals surface area contributed by atoms with Gasteiger partial charge in [0.25, 0.3) is 5.91 Å². The molecule has 2 aromatic carbocycles. The molecule has 0 saturated heterocycles. The normalized spacial score (nSPS) is 11.6. The van der Waals surface area contributed by atoms with Crippen LogP contribution in [-0.4, -0.2) is 18.2 Å². The third-order valence-corrected chi connectivity index (χ3v) is 4.62. The van der Waals surface area contributed by atoms with E-state index in [1.807, 2.05) is 61.5 Å². The van der Waals surface area contributed by atoms with E-state index in [2.05, 4.69) is 58.3 Å². The molecule has 0 unspecified atom stereocenters. The van der Waals surface area contributed by atoms with Crippen molar-refractivity contribution in [2.45, 2.75) is 6.92 Å². The molecule has 0 fully saturated rings. The number of nitrogens with one attached hydrogen (secondary N) is 1. The van der Waals surface area contributed by atoms with Crippen LogP contribution in [0.3, 0.4) is 0 Å². The van der Waals surface area contributed by atoms with Crippen LogP contribution < -0.4 is 10.2 Å². The summed E-state index contributed by atoms with van der Waals surface area (Å²) in [6.07, 6.45) is 3.76. The summed E-state index contributed by atoms with van der Waals surface area (Å²) in [5.74, 6) is 0.220. The number of halogens is 3. The summed E-state index contributed by atoms with van der Waals surface area (Å²) in [5.41, 5.74) is 4.22. The Morgan fingerprint density at radius 2 is 1.80 bits per heavy atom. The van der Waals surface area contributed by atoms with Crippen molar-refractivity contribution in [2.75, 3.05) is 6.61 Å². The van der Waals surface area contributed by atoms with E-state index in [1.165, 1.54) is 0 Å². The zero-order valence-corrected chi connectivity index (χ0v) is 18.1. The highest BCUT2D eigenvalue weighted by molar-refractivity contribution is 9.11. The van der Waals surface area contributed by atoms with Crippen LogP contribution in [0.4, 0.5) is 0 Å². The van der Waals surface area contributed by atoms with Crippen molar-refractivity contribution in [2.24, 2.45) is 5.10 Å². The molecule has 2 aromatic rings. The number of hydrazone groups is 1. The monoisotopic (exact) mass is 528 g/mol. The highest BCUT2D eigenvalue weighted by Gasteiger charge is 2.10. The average molecular weight is 531 g/mol. The van der Waals surface area contributed by atoms with Crippen LogP contribution in [0.5, 0.6) is 5.75 Å². The summed E-state index contributed by atoms with van der Waals surface area (Å²) in [6.45, 7) is 1.67. The Labute approximate surface area is 171 Å². The van der Waals surface area contributed by atoms with Crippen molar-refractivity contribution in [1.29, 1.82) is 0 Å². The summed E-state index contributed by atoms with van der Waals surface area (Å²) in [5, 5.41) is 4.03. The number of carbonyl (C=O) groups is 1. The Bertz CT molecular complexity index is 782. The summed E-state index contributed by atoms with van der Waals surface area (Å²) < 4.78 is 7.91. The smallest absolute Gasteiger partial charge is 0.277 e. The Hall–Kier alpha value is -1.44. The van der Waals surface area contributed by atoms with Gasteiger partial charge >= 0.3 is 0 Å². The fraction of sp³-hybridized carbons (Fsp3) is 0.111. The minimum atomic E-state index is -0.339. The van der Waals surface area contributed by atoms with E-state index >= 15 is 0 Å². The van der Waals surface area contributed by atoms with Crippen molar-refractivity contribution in [3.05, 3.63) is 67.5 Å². The molecule has 0 aliphatic rings. The van der Waals surface area contributed by atoms with Gasteiger partial charge in [-0.1, -0.05) is 52.3 Å². The summed E-state index contributed by atoms with van der Waals surface area (Å²) in [6, 6.07) is 13.5. The van der Waals surface area contributed by atoms with Crippen LogP contribution in [0.2, 0.25) is 0 Å². The summed E-state index contributed by atoms with van der Waals surface area (Å²) in [4.78, 5) is 11.9. The Balaban J connectivity index is 1.87. The molecule has 0 atom stereocenters. The number of rotatable bonds is 6. The first kappa shape index (κ1) is 19.9. The van der Waals surface area contributed by atoms with Gasteiger partial charge in [-0.3, -0.25) is 4.79 Å². The number of allylic oxidation sites excluding steroid dienone is 1. The number of benzene rings is 2. The lowest BCUT2D eigenvalue weighted by Gasteiger charge is -2.10.